The molecule has 0 saturated heterocycles. The summed E-state index contributed by atoms with van der Waals surface area (Å²) in [5.41, 5.74) is 0.524. The molecule has 0 unspecified atom stereocenters. The lowest BCUT2D eigenvalue weighted by Crippen LogP contribution is -2.28. The number of carbonyl (C=O) groups excluding carboxylic acids is 3. The van der Waals surface area contributed by atoms with Crippen LogP contribution >= 0.6 is 11.6 Å². The molecular formula is C21H16ClF2N5O3. The van der Waals surface area contributed by atoms with Gasteiger partial charge in [-0.1, -0.05) is 11.6 Å². The summed E-state index contributed by atoms with van der Waals surface area (Å²) in [5.74, 6) is -4.06. The molecule has 4 rings (SSSR count). The maximum absolute atomic E-state index is 13.4. The molecule has 3 aromatic rings. The summed E-state index contributed by atoms with van der Waals surface area (Å²) < 4.78 is 26.6. The number of imidazole rings is 1. The molecule has 3 amide bonds. The first-order valence-electron chi connectivity index (χ1n) is 9.53. The lowest BCUT2D eigenvalue weighted by atomic mass is 10.2. The second-order valence-corrected chi connectivity index (χ2v) is 7.51. The van der Waals surface area contributed by atoms with Crippen LogP contribution in [0.4, 0.5) is 20.2 Å². The molecule has 0 aliphatic heterocycles. The van der Waals surface area contributed by atoms with E-state index in [9.17, 15) is 23.2 Å². The third kappa shape index (κ3) is 4.75. The highest BCUT2D eigenvalue weighted by Gasteiger charge is 2.27. The molecule has 1 aromatic heterocycles. The highest BCUT2D eigenvalue weighted by molar-refractivity contribution is 6.34. The van der Waals surface area contributed by atoms with Crippen LogP contribution in [0.3, 0.4) is 0 Å². The Hall–Kier alpha value is -3.79. The van der Waals surface area contributed by atoms with Crippen LogP contribution in [0, 0.1) is 11.6 Å². The normalized spacial score (nSPS) is 12.8. The van der Waals surface area contributed by atoms with Crippen LogP contribution in [0.1, 0.15) is 44.2 Å². The molecule has 32 heavy (non-hydrogen) atoms. The standard InChI is InChI=1S/C21H16ClF2N5O3/c22-14-8-16(24)15(23)7-13(14)19(30)27-10-1-3-11(4-2-10)28-20(31)17-18(26-9-25-17)21(32)29-12-5-6-12/h1-4,7-9,12H,5-6H2,(H,25,26)(H,27,30)(H,28,31)(H,29,32). The van der Waals surface area contributed by atoms with E-state index in [1.165, 1.54) is 30.6 Å². The third-order valence-electron chi connectivity index (χ3n) is 4.65. The summed E-state index contributed by atoms with van der Waals surface area (Å²) in [5, 5.41) is 7.68. The molecule has 0 radical (unpaired) electrons. The summed E-state index contributed by atoms with van der Waals surface area (Å²) in [6.07, 6.45) is 3.07. The second kappa shape index (κ2) is 8.75. The number of H-pyrrole nitrogens is 1. The molecule has 164 valence electrons. The van der Waals surface area contributed by atoms with Gasteiger partial charge in [0.05, 0.1) is 16.9 Å². The van der Waals surface area contributed by atoms with Crippen LogP contribution in [0.25, 0.3) is 0 Å². The molecule has 0 spiro atoms. The van der Waals surface area contributed by atoms with Crippen molar-refractivity contribution in [2.45, 2.75) is 18.9 Å². The van der Waals surface area contributed by atoms with Gasteiger partial charge in [-0.15, -0.1) is 0 Å². The predicted octanol–water partition coefficient (Wildman–Crippen LogP) is 3.74. The first-order valence-corrected chi connectivity index (χ1v) is 9.91. The molecular weight excluding hydrogens is 444 g/mol. The van der Waals surface area contributed by atoms with Crippen LogP contribution in [0.2, 0.25) is 5.02 Å². The van der Waals surface area contributed by atoms with Crippen molar-refractivity contribution in [2.24, 2.45) is 0 Å². The van der Waals surface area contributed by atoms with Gasteiger partial charge in [0, 0.05) is 17.4 Å². The van der Waals surface area contributed by atoms with Crippen LogP contribution in [0.15, 0.2) is 42.7 Å². The van der Waals surface area contributed by atoms with Gasteiger partial charge in [0.15, 0.2) is 17.3 Å². The van der Waals surface area contributed by atoms with Crippen molar-refractivity contribution in [3.63, 3.8) is 0 Å². The summed E-state index contributed by atoms with van der Waals surface area (Å²) in [4.78, 5) is 43.6. The molecule has 0 bridgehead atoms. The average Bonchev–Trinajstić information content (AvgIpc) is 3.42. The Morgan fingerprint density at radius 3 is 2.16 bits per heavy atom. The zero-order chi connectivity index (χ0) is 22.8. The molecule has 0 atom stereocenters. The van der Waals surface area contributed by atoms with Crippen molar-refractivity contribution in [1.82, 2.24) is 15.3 Å². The molecule has 1 saturated carbocycles. The van der Waals surface area contributed by atoms with E-state index in [-0.39, 0.29) is 28.0 Å². The number of hydrogen-bond acceptors (Lipinski definition) is 4. The van der Waals surface area contributed by atoms with Gasteiger partial charge < -0.3 is 20.9 Å². The quantitative estimate of drug-likeness (QED) is 0.420. The van der Waals surface area contributed by atoms with Gasteiger partial charge in [-0.05, 0) is 49.2 Å². The Kier molecular flexibility index (Phi) is 5.87. The topological polar surface area (TPSA) is 116 Å². The van der Waals surface area contributed by atoms with Gasteiger partial charge in [0.1, 0.15) is 5.69 Å². The van der Waals surface area contributed by atoms with Crippen LogP contribution < -0.4 is 16.0 Å². The fourth-order valence-corrected chi connectivity index (χ4v) is 3.08. The van der Waals surface area contributed by atoms with Gasteiger partial charge in [-0.2, -0.15) is 0 Å². The van der Waals surface area contributed by atoms with E-state index in [1.54, 1.807) is 0 Å². The van der Waals surface area contributed by atoms with Gasteiger partial charge in [0.25, 0.3) is 17.7 Å². The number of aromatic nitrogens is 2. The fraction of sp³-hybridized carbons (Fsp3) is 0.143. The molecule has 11 heteroatoms. The van der Waals surface area contributed by atoms with Crippen molar-refractivity contribution in [1.29, 1.82) is 0 Å². The van der Waals surface area contributed by atoms with Gasteiger partial charge >= 0.3 is 0 Å². The van der Waals surface area contributed by atoms with E-state index >= 15 is 0 Å². The Morgan fingerprint density at radius 1 is 0.938 bits per heavy atom. The number of halogens is 3. The minimum absolute atomic E-state index is 0.00157. The summed E-state index contributed by atoms with van der Waals surface area (Å²) in [7, 11) is 0. The van der Waals surface area contributed by atoms with E-state index < -0.39 is 29.4 Å². The Labute approximate surface area is 185 Å². The van der Waals surface area contributed by atoms with Gasteiger partial charge in [0.2, 0.25) is 0 Å². The van der Waals surface area contributed by atoms with Gasteiger partial charge in [-0.3, -0.25) is 14.4 Å². The molecule has 1 aliphatic carbocycles. The lowest BCUT2D eigenvalue weighted by molar-refractivity contribution is 0.0933. The monoisotopic (exact) mass is 459 g/mol. The zero-order valence-corrected chi connectivity index (χ0v) is 17.1. The molecule has 8 nitrogen and oxygen atoms in total. The number of benzene rings is 2. The van der Waals surface area contributed by atoms with Crippen LogP contribution in [-0.2, 0) is 0 Å². The maximum atomic E-state index is 13.4. The highest BCUT2D eigenvalue weighted by Crippen LogP contribution is 2.23. The first-order chi connectivity index (χ1) is 15.3. The number of rotatable bonds is 6. The number of hydrogen-bond donors (Lipinski definition) is 4. The third-order valence-corrected chi connectivity index (χ3v) is 4.96. The van der Waals surface area contributed by atoms with Crippen molar-refractivity contribution in [2.75, 3.05) is 10.6 Å². The minimum atomic E-state index is -1.19. The van der Waals surface area contributed by atoms with E-state index in [4.69, 9.17) is 11.6 Å². The second-order valence-electron chi connectivity index (χ2n) is 7.11. The van der Waals surface area contributed by atoms with E-state index in [1.807, 2.05) is 0 Å². The molecule has 1 fully saturated rings. The first kappa shape index (κ1) is 21.4. The summed E-state index contributed by atoms with van der Waals surface area (Å²) in [6, 6.07) is 7.58. The Morgan fingerprint density at radius 2 is 1.53 bits per heavy atom. The number of anilines is 2. The predicted molar refractivity (Wildman–Crippen MR) is 113 cm³/mol. The van der Waals surface area contributed by atoms with E-state index in [2.05, 4.69) is 25.9 Å². The van der Waals surface area contributed by atoms with Gasteiger partial charge in [-0.25, -0.2) is 13.8 Å². The summed E-state index contributed by atoms with van der Waals surface area (Å²) in [6.45, 7) is 0. The maximum Gasteiger partial charge on any atom is 0.274 e. The van der Waals surface area contributed by atoms with Crippen molar-refractivity contribution < 1.29 is 23.2 Å². The smallest absolute Gasteiger partial charge is 0.274 e. The highest BCUT2D eigenvalue weighted by atomic mass is 35.5. The molecule has 4 N–H and O–H groups in total. The SMILES string of the molecule is O=C(Nc1ccc(NC(=O)c2[nH]cnc2C(=O)NC2CC2)cc1)c1cc(F)c(F)cc1Cl. The summed E-state index contributed by atoms with van der Waals surface area (Å²) >= 11 is 5.81. The van der Waals surface area contributed by atoms with E-state index in [0.717, 1.165) is 18.9 Å². The zero-order valence-electron chi connectivity index (χ0n) is 16.3. The molecule has 1 heterocycles. The van der Waals surface area contributed by atoms with Crippen molar-refractivity contribution in [3.05, 3.63) is 76.3 Å². The Bertz CT molecular complexity index is 1210. The van der Waals surface area contributed by atoms with Crippen molar-refractivity contribution in [3.8, 4) is 0 Å². The largest absolute Gasteiger partial charge is 0.348 e. The molecule has 2 aromatic carbocycles. The number of nitrogens with zero attached hydrogens (tertiary/aromatic N) is 1. The van der Waals surface area contributed by atoms with E-state index in [0.29, 0.717) is 17.4 Å². The van der Waals surface area contributed by atoms with Crippen LogP contribution in [-0.4, -0.2) is 33.7 Å². The van der Waals surface area contributed by atoms with Crippen LogP contribution in [0.5, 0.6) is 0 Å². The minimum Gasteiger partial charge on any atom is -0.348 e. The average molecular weight is 460 g/mol. The fourth-order valence-electron chi connectivity index (χ4n) is 2.85. The number of nitrogens with one attached hydrogen (secondary N) is 4. The van der Waals surface area contributed by atoms with Crippen molar-refractivity contribution >= 4 is 40.7 Å². The number of amides is 3. The molecule has 1 aliphatic rings. The Balaban J connectivity index is 1.41. The number of carbonyl (C=O) groups is 3. The number of aromatic amines is 1. The lowest BCUT2D eigenvalue weighted by Gasteiger charge is -2.09.